The summed E-state index contributed by atoms with van der Waals surface area (Å²) >= 11 is 0. The van der Waals surface area contributed by atoms with Gasteiger partial charge in [0, 0.05) is 23.7 Å². The van der Waals surface area contributed by atoms with E-state index in [1.165, 1.54) is 36.4 Å². The first kappa shape index (κ1) is 29.6. The highest BCUT2D eigenvalue weighted by molar-refractivity contribution is 5.96. The zero-order valence-electron chi connectivity index (χ0n) is 23.8. The van der Waals surface area contributed by atoms with Crippen molar-refractivity contribution in [2.24, 2.45) is 5.73 Å². The number of nitrogens with two attached hydrogens (primary N) is 1. The van der Waals surface area contributed by atoms with E-state index in [1.807, 2.05) is 24.3 Å². The highest BCUT2D eigenvalue weighted by Gasteiger charge is 2.29. The zero-order valence-corrected chi connectivity index (χ0v) is 23.8. The van der Waals surface area contributed by atoms with Gasteiger partial charge in [0.1, 0.15) is 23.3 Å². The molecule has 0 saturated carbocycles. The number of fused-ring (bicyclic) bond motifs is 1. The fourth-order valence-electron chi connectivity index (χ4n) is 5.67. The first-order valence-electron chi connectivity index (χ1n) is 14.5. The summed E-state index contributed by atoms with van der Waals surface area (Å²) in [5.74, 6) is -1.77. The Kier molecular flexibility index (Phi) is 8.74. The molecule has 0 bridgehead atoms. The molecule has 1 aromatic heterocycles. The van der Waals surface area contributed by atoms with E-state index in [2.05, 4.69) is 20.6 Å². The Balaban J connectivity index is 1.12. The molecule has 0 radical (unpaired) electrons. The van der Waals surface area contributed by atoms with E-state index in [4.69, 9.17) is 10.5 Å². The number of carbonyl (C=O) groups excluding carboxylic acids is 1. The fraction of sp³-hybridized carbons (Fsp3) is 0.235. The first-order valence-corrected chi connectivity index (χ1v) is 14.5. The van der Waals surface area contributed by atoms with Gasteiger partial charge in [0.2, 0.25) is 5.91 Å². The van der Waals surface area contributed by atoms with Crippen LogP contribution in [0, 0.1) is 17.5 Å². The SMILES string of the molecule is N[C@H](C(=O)Nc1cccc(F)c1CC[C@@H]1CN[C@H](c2nc3ccccc3[nH]2)CO1)C(c1ccc(F)cc1)c1ccc(F)cc1. The van der Waals surface area contributed by atoms with Crippen LogP contribution in [0.5, 0.6) is 0 Å². The van der Waals surface area contributed by atoms with Gasteiger partial charge in [-0.25, -0.2) is 18.2 Å². The summed E-state index contributed by atoms with van der Waals surface area (Å²) in [4.78, 5) is 21.5. The normalized spacial score (nSPS) is 17.6. The van der Waals surface area contributed by atoms with Crippen molar-refractivity contribution in [3.05, 3.63) is 131 Å². The maximum absolute atomic E-state index is 15.1. The maximum atomic E-state index is 15.1. The molecule has 2 heterocycles. The van der Waals surface area contributed by atoms with Crippen molar-refractivity contribution in [3.8, 4) is 0 Å². The lowest BCUT2D eigenvalue weighted by molar-refractivity contribution is -0.117. The van der Waals surface area contributed by atoms with Gasteiger partial charge in [0.15, 0.2) is 0 Å². The molecule has 5 N–H and O–H groups in total. The minimum Gasteiger partial charge on any atom is -0.375 e. The summed E-state index contributed by atoms with van der Waals surface area (Å²) in [6, 6.07) is 22.4. The van der Waals surface area contributed by atoms with Gasteiger partial charge < -0.3 is 26.1 Å². The molecule has 1 aliphatic rings. The van der Waals surface area contributed by atoms with Crippen LogP contribution in [0.25, 0.3) is 11.0 Å². The van der Waals surface area contributed by atoms with Gasteiger partial charge in [-0.15, -0.1) is 0 Å². The molecule has 10 heteroatoms. The second-order valence-corrected chi connectivity index (χ2v) is 11.0. The Hall–Kier alpha value is -4.51. The number of nitrogens with one attached hydrogen (secondary N) is 3. The molecule has 5 aromatic rings. The van der Waals surface area contributed by atoms with Crippen LogP contribution in [0.1, 0.15) is 40.9 Å². The van der Waals surface area contributed by atoms with Crippen molar-refractivity contribution in [1.82, 2.24) is 15.3 Å². The Morgan fingerprint density at radius 3 is 2.25 bits per heavy atom. The van der Waals surface area contributed by atoms with Crippen LogP contribution in [0.3, 0.4) is 0 Å². The number of imidazole rings is 1. The third-order valence-corrected chi connectivity index (χ3v) is 8.04. The molecular weight excluding hydrogens is 567 g/mol. The van der Waals surface area contributed by atoms with E-state index in [0.717, 1.165) is 16.9 Å². The van der Waals surface area contributed by atoms with Crippen LogP contribution < -0.4 is 16.4 Å². The molecule has 0 aliphatic carbocycles. The molecule has 4 aromatic carbocycles. The lowest BCUT2D eigenvalue weighted by Crippen LogP contribution is -2.42. The van der Waals surface area contributed by atoms with E-state index in [-0.39, 0.29) is 12.1 Å². The van der Waals surface area contributed by atoms with Crippen LogP contribution in [0.4, 0.5) is 18.9 Å². The molecule has 0 unspecified atom stereocenters. The topological polar surface area (TPSA) is 105 Å². The van der Waals surface area contributed by atoms with Crippen LogP contribution in [0.2, 0.25) is 0 Å². The third kappa shape index (κ3) is 6.52. The predicted octanol–water partition coefficient (Wildman–Crippen LogP) is 5.74. The highest BCUT2D eigenvalue weighted by Crippen LogP contribution is 2.30. The summed E-state index contributed by atoms with van der Waals surface area (Å²) in [5.41, 5.74) is 10.2. The monoisotopic (exact) mass is 599 g/mol. The van der Waals surface area contributed by atoms with Gasteiger partial charge in [0.25, 0.3) is 0 Å². The zero-order chi connectivity index (χ0) is 30.6. The minimum atomic E-state index is -1.14. The fourth-order valence-corrected chi connectivity index (χ4v) is 5.67. The van der Waals surface area contributed by atoms with Gasteiger partial charge in [-0.05, 0) is 72.5 Å². The van der Waals surface area contributed by atoms with Crippen molar-refractivity contribution in [1.29, 1.82) is 0 Å². The summed E-state index contributed by atoms with van der Waals surface area (Å²) < 4.78 is 48.5. The molecule has 3 atom stereocenters. The molecular formula is C34H32F3N5O2. The number of H-pyrrole nitrogens is 1. The number of rotatable bonds is 9. The third-order valence-electron chi connectivity index (χ3n) is 8.04. The standard InChI is InChI=1S/C34H32F3N5O2/c35-22-12-8-20(9-13-22)31(21-10-14-23(36)15-11-21)32(38)34(43)42-27-7-3-4-26(37)25(27)17-16-24-18-39-30(19-44-24)33-40-28-5-1-2-6-29(28)41-33/h1-15,24,30-32,39H,16-19,38H2,(H,40,41)(H,42,43)/t24-,30+,32+/m1/s1. The molecule has 226 valence electrons. The number of hydrogen-bond donors (Lipinski definition) is 4. The van der Waals surface area contributed by atoms with E-state index in [9.17, 15) is 13.6 Å². The number of para-hydroxylation sites is 2. The highest BCUT2D eigenvalue weighted by atomic mass is 19.1. The predicted molar refractivity (Wildman–Crippen MR) is 163 cm³/mol. The largest absolute Gasteiger partial charge is 0.375 e. The minimum absolute atomic E-state index is 0.0846. The van der Waals surface area contributed by atoms with Gasteiger partial charge in [0.05, 0.1) is 35.8 Å². The lowest BCUT2D eigenvalue weighted by atomic mass is 9.85. The lowest BCUT2D eigenvalue weighted by Gasteiger charge is -2.29. The average Bonchev–Trinajstić information content (AvgIpc) is 3.47. The van der Waals surface area contributed by atoms with Crippen LogP contribution in [-0.2, 0) is 16.0 Å². The van der Waals surface area contributed by atoms with Crippen molar-refractivity contribution in [2.45, 2.75) is 36.9 Å². The number of morpholine rings is 1. The summed E-state index contributed by atoms with van der Waals surface area (Å²) in [6.07, 6.45) is 0.671. The van der Waals surface area contributed by atoms with Crippen molar-refractivity contribution in [2.75, 3.05) is 18.5 Å². The molecule has 1 fully saturated rings. The molecule has 6 rings (SSSR count). The number of amides is 1. The summed E-state index contributed by atoms with van der Waals surface area (Å²) in [7, 11) is 0. The van der Waals surface area contributed by atoms with E-state index >= 15 is 4.39 Å². The van der Waals surface area contributed by atoms with Gasteiger partial charge >= 0.3 is 0 Å². The van der Waals surface area contributed by atoms with E-state index < -0.39 is 35.3 Å². The average molecular weight is 600 g/mol. The van der Waals surface area contributed by atoms with Crippen molar-refractivity contribution >= 4 is 22.6 Å². The molecule has 1 amide bonds. The Labute approximate surface area is 252 Å². The van der Waals surface area contributed by atoms with Crippen molar-refractivity contribution < 1.29 is 22.7 Å². The Bertz CT molecular complexity index is 1660. The Morgan fingerprint density at radius 2 is 1.61 bits per heavy atom. The smallest absolute Gasteiger partial charge is 0.242 e. The van der Waals surface area contributed by atoms with Gasteiger partial charge in [-0.3, -0.25) is 4.79 Å². The number of nitrogens with zero attached hydrogens (tertiary/aromatic N) is 1. The molecule has 44 heavy (non-hydrogen) atoms. The van der Waals surface area contributed by atoms with E-state index in [0.29, 0.717) is 48.4 Å². The number of benzene rings is 4. The molecule has 0 spiro atoms. The first-order chi connectivity index (χ1) is 21.4. The molecule has 1 aliphatic heterocycles. The number of anilines is 1. The second-order valence-electron chi connectivity index (χ2n) is 11.0. The van der Waals surface area contributed by atoms with Crippen LogP contribution >= 0.6 is 0 Å². The number of halogens is 3. The summed E-state index contributed by atoms with van der Waals surface area (Å²) in [6.45, 7) is 0.966. The number of carbonyl (C=O) groups is 1. The van der Waals surface area contributed by atoms with Crippen LogP contribution in [0.15, 0.2) is 91.0 Å². The van der Waals surface area contributed by atoms with Crippen LogP contribution in [-0.4, -0.2) is 41.2 Å². The van der Waals surface area contributed by atoms with Gasteiger partial charge in [-0.1, -0.05) is 42.5 Å². The second kappa shape index (κ2) is 13.0. The number of aromatic amines is 1. The number of aromatic nitrogens is 2. The van der Waals surface area contributed by atoms with Crippen molar-refractivity contribution in [3.63, 3.8) is 0 Å². The maximum Gasteiger partial charge on any atom is 0.242 e. The number of ether oxygens (including phenoxy) is 1. The molecule has 7 nitrogen and oxygen atoms in total. The quantitative estimate of drug-likeness (QED) is 0.173. The summed E-state index contributed by atoms with van der Waals surface area (Å²) in [5, 5.41) is 6.27. The Morgan fingerprint density at radius 1 is 0.932 bits per heavy atom. The number of hydrogen-bond acceptors (Lipinski definition) is 5. The van der Waals surface area contributed by atoms with Gasteiger partial charge in [-0.2, -0.15) is 0 Å². The van der Waals surface area contributed by atoms with E-state index in [1.54, 1.807) is 30.3 Å². The molecule has 1 saturated heterocycles.